The van der Waals surface area contributed by atoms with Gasteiger partial charge >= 0.3 is 33.6 Å². The van der Waals surface area contributed by atoms with Crippen molar-refractivity contribution in [1.82, 2.24) is 0 Å². The number of ether oxygens (including phenoxy) is 3. The first-order chi connectivity index (χ1) is 45.2. The molecule has 0 fully saturated rings. The highest BCUT2D eigenvalue weighted by atomic mass is 31.2. The molecule has 5 unspecified atom stereocenters. The van der Waals surface area contributed by atoms with Crippen LogP contribution in [0.2, 0.25) is 0 Å². The normalized spacial score (nSPS) is 14.9. The molecule has 0 amide bonds. The van der Waals surface area contributed by atoms with E-state index in [2.05, 4.69) is 142 Å². The van der Waals surface area contributed by atoms with Gasteiger partial charge in [0, 0.05) is 19.3 Å². The second-order valence-corrected chi connectivity index (χ2v) is 26.6. The zero-order chi connectivity index (χ0) is 68.1. The van der Waals surface area contributed by atoms with Crippen LogP contribution in [0.25, 0.3) is 0 Å². The predicted octanol–water partition coefficient (Wildman–Crippen LogP) is 20.2. The van der Waals surface area contributed by atoms with Crippen molar-refractivity contribution in [3.63, 3.8) is 0 Å². The number of aliphatic hydroxyl groups is 2. The summed E-state index contributed by atoms with van der Waals surface area (Å²) in [5.41, 5.74) is 0. The van der Waals surface area contributed by atoms with Crippen LogP contribution in [0.3, 0.4) is 0 Å². The van der Waals surface area contributed by atoms with Crippen molar-refractivity contribution in [3.05, 3.63) is 122 Å². The Morgan fingerprint density at radius 2 is 0.570 bits per heavy atom. The maximum atomic E-state index is 12.9. The van der Waals surface area contributed by atoms with Crippen LogP contribution in [0.1, 0.15) is 278 Å². The van der Waals surface area contributed by atoms with Gasteiger partial charge in [0.25, 0.3) is 0 Å². The summed E-state index contributed by atoms with van der Waals surface area (Å²) in [6.45, 7) is 2.38. The molecule has 0 bridgehead atoms. The number of carbonyl (C=O) groups excluding carboxylic acids is 3. The number of unbranched alkanes of at least 4 members (excludes halogenated alkanes) is 24. The number of phosphoric ester groups is 2. The van der Waals surface area contributed by atoms with Gasteiger partial charge in [0.15, 0.2) is 6.10 Å². The Morgan fingerprint density at radius 1 is 0.312 bits per heavy atom. The number of hydrogen-bond acceptors (Lipinski definition) is 14. The largest absolute Gasteiger partial charge is 0.472 e. The number of esters is 3. The van der Waals surface area contributed by atoms with Gasteiger partial charge in [-0.3, -0.25) is 32.5 Å². The molecule has 93 heavy (non-hydrogen) atoms. The van der Waals surface area contributed by atoms with Gasteiger partial charge in [-0.25, -0.2) is 9.13 Å². The second-order valence-electron chi connectivity index (χ2n) is 23.6. The molecule has 0 rings (SSSR count). The van der Waals surface area contributed by atoms with Crippen molar-refractivity contribution >= 4 is 33.6 Å². The van der Waals surface area contributed by atoms with Gasteiger partial charge in [0.1, 0.15) is 25.4 Å². The molecule has 0 heterocycles. The average Bonchev–Trinajstić information content (AvgIpc) is 3.55. The van der Waals surface area contributed by atoms with E-state index < -0.39 is 91.5 Å². The molecule has 18 heteroatoms. The first kappa shape index (κ1) is 89.0. The van der Waals surface area contributed by atoms with E-state index in [1.165, 1.54) is 51.4 Å². The van der Waals surface area contributed by atoms with Gasteiger partial charge in [-0.05, 0) is 122 Å². The number of allylic oxidation sites excluding steroid dienone is 20. The van der Waals surface area contributed by atoms with Gasteiger partial charge in [-0.2, -0.15) is 0 Å². The Bertz CT molecular complexity index is 2180. The third kappa shape index (κ3) is 69.1. The molecule has 4 N–H and O–H groups in total. The SMILES string of the molecule is CC/C=C\C/C=C\C/C=C\C/C=C\C/C=C\C/C=C\CCCCCCCCCCCCCCC(=O)OCC(O)COP(=O)(O)OCC(O)COP(=O)(O)OCC(COC(=O)CCCCCCC/C=C\C/C=C\CCC)OC(=O)CCCCCCC/C=C\C/C=C\CCC. The summed E-state index contributed by atoms with van der Waals surface area (Å²) in [5.74, 6) is -1.61. The van der Waals surface area contributed by atoms with E-state index in [0.29, 0.717) is 19.3 Å². The standard InChI is InChI=1S/C75H128O16P2/c1-4-7-10-13-16-19-22-25-26-27-28-29-30-31-32-33-34-35-36-37-38-39-40-41-42-45-47-49-52-55-58-61-73(78)85-64-70(76)65-87-92(81,82)88-66-71(77)67-89-93(83,84)90-69-72(91-75(80)63-60-57-54-51-48-44-24-21-18-15-12-9-6-3)68-86-74(79)62-59-56-53-50-46-43-23-20-17-14-11-8-5-2/h7,10-12,14-16,19-21,23-26,28-29,31-32,34-35,70-72,76-77H,4-6,8-9,13,17-18,22,27,30,33,36-69H2,1-3H3,(H,81,82)(H,83,84)/b10-7-,14-11-,15-12-,19-16-,23-20-,24-21-,26-25-,29-28-,32-31-,35-34-. The van der Waals surface area contributed by atoms with E-state index >= 15 is 0 Å². The van der Waals surface area contributed by atoms with Crippen LogP contribution >= 0.6 is 15.6 Å². The maximum Gasteiger partial charge on any atom is 0.472 e. The second kappa shape index (κ2) is 67.9. The van der Waals surface area contributed by atoms with Crippen molar-refractivity contribution in [2.45, 2.75) is 296 Å². The minimum Gasteiger partial charge on any atom is -0.463 e. The first-order valence-electron chi connectivity index (χ1n) is 35.8. The lowest BCUT2D eigenvalue weighted by Gasteiger charge is -2.21. The number of carbonyl (C=O) groups is 3. The zero-order valence-electron chi connectivity index (χ0n) is 57.9. The highest BCUT2D eigenvalue weighted by molar-refractivity contribution is 7.47. The summed E-state index contributed by atoms with van der Waals surface area (Å²) in [7, 11) is -9.78. The van der Waals surface area contributed by atoms with Crippen LogP contribution in [-0.2, 0) is 55.8 Å². The highest BCUT2D eigenvalue weighted by Gasteiger charge is 2.29. The highest BCUT2D eigenvalue weighted by Crippen LogP contribution is 2.45. The minimum atomic E-state index is -4.93. The van der Waals surface area contributed by atoms with Crippen LogP contribution in [-0.4, -0.2) is 95.9 Å². The Morgan fingerprint density at radius 3 is 0.903 bits per heavy atom. The van der Waals surface area contributed by atoms with E-state index in [9.17, 15) is 43.5 Å². The molecule has 0 saturated carbocycles. The quantitative estimate of drug-likeness (QED) is 0.0146. The Balaban J connectivity index is 4.41. The summed E-state index contributed by atoms with van der Waals surface area (Å²) in [6.07, 6.45) is 78.4. The van der Waals surface area contributed by atoms with E-state index in [0.717, 1.165) is 167 Å². The maximum absolute atomic E-state index is 12.9. The minimum absolute atomic E-state index is 0.0841. The lowest BCUT2D eigenvalue weighted by atomic mass is 10.0. The molecule has 0 aliphatic heterocycles. The van der Waals surface area contributed by atoms with E-state index in [1.807, 2.05) is 0 Å². The third-order valence-electron chi connectivity index (χ3n) is 14.6. The summed E-state index contributed by atoms with van der Waals surface area (Å²) >= 11 is 0. The zero-order valence-corrected chi connectivity index (χ0v) is 59.7. The molecule has 16 nitrogen and oxygen atoms in total. The molecule has 0 saturated heterocycles. The molecule has 0 aromatic carbocycles. The summed E-state index contributed by atoms with van der Waals surface area (Å²) in [4.78, 5) is 58.3. The fourth-order valence-corrected chi connectivity index (χ4v) is 10.8. The average molecular weight is 1350 g/mol. The molecule has 0 spiro atoms. The van der Waals surface area contributed by atoms with Crippen LogP contribution in [0.15, 0.2) is 122 Å². The Labute approximate surface area is 563 Å². The van der Waals surface area contributed by atoms with Crippen molar-refractivity contribution in [2.75, 3.05) is 39.6 Å². The van der Waals surface area contributed by atoms with Gasteiger partial charge in [0.2, 0.25) is 0 Å². The molecular formula is C75H128O16P2. The summed E-state index contributed by atoms with van der Waals surface area (Å²) in [6, 6.07) is 0. The van der Waals surface area contributed by atoms with E-state index in [4.69, 9.17) is 32.3 Å². The molecule has 534 valence electrons. The first-order valence-corrected chi connectivity index (χ1v) is 38.8. The number of hydrogen-bond donors (Lipinski definition) is 4. The van der Waals surface area contributed by atoms with Gasteiger partial charge in [-0.15, -0.1) is 0 Å². The predicted molar refractivity (Wildman–Crippen MR) is 380 cm³/mol. The molecular weight excluding hydrogens is 1220 g/mol. The smallest absolute Gasteiger partial charge is 0.463 e. The van der Waals surface area contributed by atoms with Crippen molar-refractivity contribution in [3.8, 4) is 0 Å². The number of rotatable bonds is 67. The molecule has 0 aromatic rings. The monoisotopic (exact) mass is 1350 g/mol. The topological polar surface area (TPSA) is 231 Å². The fraction of sp³-hybridized carbons (Fsp3) is 0.693. The summed E-state index contributed by atoms with van der Waals surface area (Å²) < 4.78 is 60.8. The van der Waals surface area contributed by atoms with Crippen molar-refractivity contribution in [2.24, 2.45) is 0 Å². The van der Waals surface area contributed by atoms with Crippen LogP contribution in [0.5, 0.6) is 0 Å². The van der Waals surface area contributed by atoms with Crippen molar-refractivity contribution in [1.29, 1.82) is 0 Å². The van der Waals surface area contributed by atoms with E-state index in [-0.39, 0.29) is 19.3 Å². The van der Waals surface area contributed by atoms with E-state index in [1.54, 1.807) is 0 Å². The third-order valence-corrected chi connectivity index (χ3v) is 16.5. The molecule has 0 aliphatic carbocycles. The van der Waals surface area contributed by atoms with Crippen LogP contribution in [0, 0.1) is 0 Å². The van der Waals surface area contributed by atoms with Crippen LogP contribution in [0.4, 0.5) is 0 Å². The van der Waals surface area contributed by atoms with Gasteiger partial charge in [-0.1, -0.05) is 258 Å². The Hall–Kier alpha value is -4.05. The fourth-order valence-electron chi connectivity index (χ4n) is 9.18. The Kier molecular flexibility index (Phi) is 65.0. The van der Waals surface area contributed by atoms with Gasteiger partial charge < -0.3 is 34.2 Å². The summed E-state index contributed by atoms with van der Waals surface area (Å²) in [5, 5.41) is 20.6. The number of aliphatic hydroxyl groups excluding tert-OH is 2. The van der Waals surface area contributed by atoms with Crippen molar-refractivity contribution < 1.29 is 75.8 Å². The lowest BCUT2D eigenvalue weighted by molar-refractivity contribution is -0.161. The molecule has 0 aromatic heterocycles. The van der Waals surface area contributed by atoms with Gasteiger partial charge in [0.05, 0.1) is 26.4 Å². The lowest BCUT2D eigenvalue weighted by Crippen LogP contribution is -2.30. The molecule has 0 aliphatic rings. The molecule has 5 atom stereocenters. The van der Waals surface area contributed by atoms with Crippen LogP contribution < -0.4 is 0 Å². The molecule has 0 radical (unpaired) electrons. The number of phosphoric acid groups is 2.